The van der Waals surface area contributed by atoms with E-state index in [9.17, 15) is 0 Å². The lowest BCUT2D eigenvalue weighted by atomic mass is 9.68. The highest BCUT2D eigenvalue weighted by Gasteiger charge is 2.33. The number of benzene rings is 7. The van der Waals surface area contributed by atoms with Gasteiger partial charge in [0.2, 0.25) is 0 Å². The van der Waals surface area contributed by atoms with Gasteiger partial charge in [-0.2, -0.15) is 0 Å². The average Bonchev–Trinajstić information content (AvgIpc) is 2.94. The highest BCUT2D eigenvalue weighted by Crippen LogP contribution is 2.50. The highest BCUT2D eigenvalue weighted by atomic mass is 14.4. The summed E-state index contributed by atoms with van der Waals surface area (Å²) in [5.41, 5.74) is 8.08. The minimum atomic E-state index is -0.0349. The van der Waals surface area contributed by atoms with Crippen LogP contribution in [-0.4, -0.2) is 0 Å². The number of hydrogen-bond donors (Lipinski definition) is 0. The van der Waals surface area contributed by atoms with Crippen molar-refractivity contribution >= 4 is 43.1 Å². The van der Waals surface area contributed by atoms with Crippen molar-refractivity contribution in [2.75, 3.05) is 0 Å². The van der Waals surface area contributed by atoms with Gasteiger partial charge < -0.3 is 0 Å². The molecule has 0 aliphatic heterocycles. The molecule has 0 amide bonds. The molecule has 7 aromatic carbocycles. The maximum atomic E-state index is 2.37. The second-order valence-corrected chi connectivity index (χ2v) is 11.0. The number of fused-ring (bicyclic) bond motifs is 6. The molecule has 0 heteroatoms. The molecule has 0 nitrogen and oxygen atoms in total. The molecule has 7 aromatic rings. The van der Waals surface area contributed by atoms with Crippen LogP contribution in [0.15, 0.2) is 121 Å². The summed E-state index contributed by atoms with van der Waals surface area (Å²) in [6, 6.07) is 45.3. The Hall–Kier alpha value is -4.42. The van der Waals surface area contributed by atoms with E-state index in [1.807, 2.05) is 0 Å². The van der Waals surface area contributed by atoms with Crippen LogP contribution >= 0.6 is 0 Å². The van der Waals surface area contributed by atoms with E-state index in [4.69, 9.17) is 0 Å². The van der Waals surface area contributed by atoms with Gasteiger partial charge in [-0.1, -0.05) is 117 Å². The van der Waals surface area contributed by atoms with Crippen LogP contribution < -0.4 is 0 Å². The first-order chi connectivity index (χ1) is 18.1. The first kappa shape index (κ1) is 20.7. The molecule has 0 spiro atoms. The van der Waals surface area contributed by atoms with E-state index < -0.39 is 0 Å². The molecule has 0 aromatic heterocycles. The Labute approximate surface area is 216 Å². The van der Waals surface area contributed by atoms with Crippen LogP contribution in [0.2, 0.25) is 0 Å². The molecule has 37 heavy (non-hydrogen) atoms. The zero-order valence-electron chi connectivity index (χ0n) is 21.0. The maximum absolute atomic E-state index is 2.37. The zero-order valence-corrected chi connectivity index (χ0v) is 21.0. The van der Waals surface area contributed by atoms with Crippen LogP contribution in [0.1, 0.15) is 25.0 Å². The summed E-state index contributed by atoms with van der Waals surface area (Å²) >= 11 is 0. The van der Waals surface area contributed by atoms with E-state index >= 15 is 0 Å². The van der Waals surface area contributed by atoms with Crippen molar-refractivity contribution in [2.45, 2.75) is 19.3 Å². The van der Waals surface area contributed by atoms with E-state index in [0.29, 0.717) is 0 Å². The van der Waals surface area contributed by atoms with Crippen LogP contribution in [0.4, 0.5) is 0 Å². The van der Waals surface area contributed by atoms with Crippen molar-refractivity contribution in [3.8, 4) is 22.3 Å². The Morgan fingerprint density at radius 1 is 0.405 bits per heavy atom. The molecule has 0 saturated heterocycles. The summed E-state index contributed by atoms with van der Waals surface area (Å²) in [6.07, 6.45) is 0. The van der Waals surface area contributed by atoms with Gasteiger partial charge in [-0.15, -0.1) is 0 Å². The van der Waals surface area contributed by atoms with E-state index in [1.54, 1.807) is 0 Å². The van der Waals surface area contributed by atoms with Gasteiger partial charge in [0.05, 0.1) is 0 Å². The standard InChI is InChI=1S/C37H26/c1-37(2)34-13-6-5-10-30(34)32-12-7-11-31-28(18-19-35(37)36(31)32)26-16-17-29-25(21-26)14-15-27-20-23-8-3-4-9-24(23)22-33(27)29/h3-22H,1-2H3. The Morgan fingerprint density at radius 2 is 1.14 bits per heavy atom. The van der Waals surface area contributed by atoms with Gasteiger partial charge in [-0.25, -0.2) is 0 Å². The molecular weight excluding hydrogens is 444 g/mol. The van der Waals surface area contributed by atoms with Gasteiger partial charge in [-0.05, 0) is 94.7 Å². The van der Waals surface area contributed by atoms with E-state index in [0.717, 1.165) is 0 Å². The monoisotopic (exact) mass is 470 g/mol. The fraction of sp³-hybridized carbons (Fsp3) is 0.0811. The molecule has 1 aliphatic rings. The third-order valence-corrected chi connectivity index (χ3v) is 8.62. The molecule has 0 saturated carbocycles. The fourth-order valence-electron chi connectivity index (χ4n) is 6.73. The van der Waals surface area contributed by atoms with Crippen LogP contribution in [0, 0.1) is 0 Å². The van der Waals surface area contributed by atoms with Crippen molar-refractivity contribution in [1.82, 2.24) is 0 Å². The Kier molecular flexibility index (Phi) is 4.10. The van der Waals surface area contributed by atoms with Crippen LogP contribution in [0.3, 0.4) is 0 Å². The van der Waals surface area contributed by atoms with Crippen molar-refractivity contribution in [3.05, 3.63) is 132 Å². The zero-order chi connectivity index (χ0) is 24.7. The minimum Gasteiger partial charge on any atom is -0.0619 e. The molecule has 0 N–H and O–H groups in total. The topological polar surface area (TPSA) is 0 Å². The Balaban J connectivity index is 1.38. The van der Waals surface area contributed by atoms with Crippen LogP contribution in [-0.2, 0) is 5.41 Å². The number of rotatable bonds is 1. The molecule has 0 bridgehead atoms. The van der Waals surface area contributed by atoms with Crippen molar-refractivity contribution in [1.29, 1.82) is 0 Å². The summed E-state index contributed by atoms with van der Waals surface area (Å²) in [6.45, 7) is 4.72. The fourth-order valence-corrected chi connectivity index (χ4v) is 6.73. The molecule has 0 atom stereocenters. The molecule has 0 fully saturated rings. The van der Waals surface area contributed by atoms with Gasteiger partial charge >= 0.3 is 0 Å². The Bertz CT molecular complexity index is 2060. The molecule has 0 radical (unpaired) electrons. The second kappa shape index (κ2) is 7.31. The van der Waals surface area contributed by atoms with Crippen LogP contribution in [0.25, 0.3) is 65.3 Å². The lowest BCUT2D eigenvalue weighted by Gasteiger charge is -2.35. The molecule has 8 rings (SSSR count). The second-order valence-electron chi connectivity index (χ2n) is 11.0. The molecular formula is C37H26. The van der Waals surface area contributed by atoms with Gasteiger partial charge in [0.25, 0.3) is 0 Å². The molecule has 1 aliphatic carbocycles. The summed E-state index contributed by atoms with van der Waals surface area (Å²) in [5, 5.41) is 10.5. The molecule has 0 unspecified atom stereocenters. The summed E-state index contributed by atoms with van der Waals surface area (Å²) < 4.78 is 0. The quantitative estimate of drug-likeness (QED) is 0.165. The lowest BCUT2D eigenvalue weighted by Crippen LogP contribution is -2.23. The molecule has 0 heterocycles. The van der Waals surface area contributed by atoms with Gasteiger partial charge in [0, 0.05) is 5.41 Å². The van der Waals surface area contributed by atoms with Crippen molar-refractivity contribution < 1.29 is 0 Å². The van der Waals surface area contributed by atoms with Crippen molar-refractivity contribution in [3.63, 3.8) is 0 Å². The SMILES string of the molecule is CC1(C)c2ccccc2-c2cccc3c(-c4ccc5c(ccc6cc7ccccc7cc65)c4)ccc1c23. The predicted octanol–water partition coefficient (Wildman–Crippen LogP) is 10.3. The normalized spacial score (nSPS) is 13.9. The summed E-state index contributed by atoms with van der Waals surface area (Å²) in [5.74, 6) is 0. The first-order valence-electron chi connectivity index (χ1n) is 13.1. The van der Waals surface area contributed by atoms with E-state index in [-0.39, 0.29) is 5.41 Å². The summed E-state index contributed by atoms with van der Waals surface area (Å²) in [4.78, 5) is 0. The van der Waals surface area contributed by atoms with E-state index in [2.05, 4.69) is 135 Å². The largest absolute Gasteiger partial charge is 0.0619 e. The molecule has 174 valence electrons. The third kappa shape index (κ3) is 2.84. The maximum Gasteiger partial charge on any atom is 0.0159 e. The van der Waals surface area contributed by atoms with E-state index in [1.165, 1.54) is 76.5 Å². The third-order valence-electron chi connectivity index (χ3n) is 8.62. The smallest absolute Gasteiger partial charge is 0.0159 e. The predicted molar refractivity (Wildman–Crippen MR) is 159 cm³/mol. The van der Waals surface area contributed by atoms with Crippen molar-refractivity contribution in [2.24, 2.45) is 0 Å². The van der Waals surface area contributed by atoms with Gasteiger partial charge in [-0.3, -0.25) is 0 Å². The first-order valence-corrected chi connectivity index (χ1v) is 13.1. The Morgan fingerprint density at radius 3 is 2.00 bits per heavy atom. The highest BCUT2D eigenvalue weighted by molar-refractivity contribution is 6.14. The van der Waals surface area contributed by atoms with Gasteiger partial charge in [0.15, 0.2) is 0 Å². The average molecular weight is 471 g/mol. The minimum absolute atomic E-state index is 0.0349. The number of hydrogen-bond acceptors (Lipinski definition) is 0. The van der Waals surface area contributed by atoms with Gasteiger partial charge in [0.1, 0.15) is 0 Å². The van der Waals surface area contributed by atoms with Crippen LogP contribution in [0.5, 0.6) is 0 Å². The summed E-state index contributed by atoms with van der Waals surface area (Å²) in [7, 11) is 0. The lowest BCUT2D eigenvalue weighted by molar-refractivity contribution is 0.645.